The molecule has 3 rings (SSSR count). The number of rotatable bonds is 6. The van der Waals surface area contributed by atoms with Gasteiger partial charge in [-0.05, 0) is 5.56 Å². The third-order valence-corrected chi connectivity index (χ3v) is 4.89. The van der Waals surface area contributed by atoms with Gasteiger partial charge in [-0.15, -0.1) is 0 Å². The average Bonchev–Trinajstić information content (AvgIpc) is 2.69. The van der Waals surface area contributed by atoms with E-state index in [1.165, 1.54) is 0 Å². The summed E-state index contributed by atoms with van der Waals surface area (Å²) in [7, 11) is 3.86. The maximum absolute atomic E-state index is 12.1. The molecule has 1 aromatic heterocycles. The predicted octanol–water partition coefficient (Wildman–Crippen LogP) is 1.41. The van der Waals surface area contributed by atoms with Gasteiger partial charge in [0.2, 0.25) is 17.8 Å². The number of nitrogens with two attached hydrogens (primary N) is 1. The summed E-state index contributed by atoms with van der Waals surface area (Å²) in [6.07, 6.45) is 0. The standard InChI is InChI=1S/C20H29N7O/c1-14(2)18-22-19(25(3)4)24-20(23-18)27-12-10-26(11-13-27)16(17(21)28)15-8-6-5-7-9-15/h5-9,14,16H,10-13H2,1-4H3,(H2,21,28). The summed E-state index contributed by atoms with van der Waals surface area (Å²) in [6, 6.07) is 9.29. The Kier molecular flexibility index (Phi) is 6.08. The molecule has 0 bridgehead atoms. The zero-order chi connectivity index (χ0) is 20.3. The van der Waals surface area contributed by atoms with Crippen LogP contribution in [0.5, 0.6) is 0 Å². The van der Waals surface area contributed by atoms with E-state index in [1.807, 2.05) is 49.3 Å². The number of nitrogens with zero attached hydrogens (tertiary/aromatic N) is 6. The highest BCUT2D eigenvalue weighted by atomic mass is 16.1. The van der Waals surface area contributed by atoms with Gasteiger partial charge in [-0.3, -0.25) is 9.69 Å². The number of hydrogen-bond acceptors (Lipinski definition) is 7. The van der Waals surface area contributed by atoms with E-state index >= 15 is 0 Å². The van der Waals surface area contributed by atoms with Crippen molar-refractivity contribution in [2.24, 2.45) is 5.73 Å². The summed E-state index contributed by atoms with van der Waals surface area (Å²) in [4.78, 5) is 32.1. The first-order valence-electron chi connectivity index (χ1n) is 9.63. The van der Waals surface area contributed by atoms with Crippen LogP contribution in [0.1, 0.15) is 37.2 Å². The molecule has 0 saturated carbocycles. The highest BCUT2D eigenvalue weighted by molar-refractivity contribution is 5.81. The molecule has 1 aliphatic heterocycles. The summed E-state index contributed by atoms with van der Waals surface area (Å²) in [5.74, 6) is 2.04. The van der Waals surface area contributed by atoms with E-state index in [0.29, 0.717) is 25.0 Å². The van der Waals surface area contributed by atoms with E-state index in [4.69, 9.17) is 5.73 Å². The molecule has 1 unspecified atom stereocenters. The number of carbonyl (C=O) groups is 1. The van der Waals surface area contributed by atoms with Crippen molar-refractivity contribution in [1.82, 2.24) is 19.9 Å². The van der Waals surface area contributed by atoms with Gasteiger partial charge in [0.05, 0.1) is 0 Å². The molecule has 1 aromatic carbocycles. The van der Waals surface area contributed by atoms with Crippen LogP contribution in [0.3, 0.4) is 0 Å². The third-order valence-electron chi connectivity index (χ3n) is 4.89. The second-order valence-corrected chi connectivity index (χ2v) is 7.58. The Morgan fingerprint density at radius 3 is 2.21 bits per heavy atom. The van der Waals surface area contributed by atoms with Gasteiger partial charge in [-0.1, -0.05) is 44.2 Å². The Morgan fingerprint density at radius 2 is 1.68 bits per heavy atom. The van der Waals surface area contributed by atoms with Crippen LogP contribution in [0.2, 0.25) is 0 Å². The van der Waals surface area contributed by atoms with Gasteiger partial charge in [0, 0.05) is 46.2 Å². The van der Waals surface area contributed by atoms with Crippen LogP contribution in [0.15, 0.2) is 30.3 Å². The molecule has 2 aromatic rings. The Labute approximate surface area is 166 Å². The van der Waals surface area contributed by atoms with Crippen LogP contribution in [0, 0.1) is 0 Å². The molecule has 0 spiro atoms. The molecule has 1 amide bonds. The number of hydrogen-bond donors (Lipinski definition) is 1. The molecule has 1 aliphatic rings. The Morgan fingerprint density at radius 1 is 1.04 bits per heavy atom. The summed E-state index contributed by atoms with van der Waals surface area (Å²) >= 11 is 0. The summed E-state index contributed by atoms with van der Waals surface area (Å²) in [5.41, 5.74) is 6.65. The van der Waals surface area contributed by atoms with Crippen molar-refractivity contribution in [3.05, 3.63) is 41.7 Å². The fourth-order valence-electron chi connectivity index (χ4n) is 3.34. The van der Waals surface area contributed by atoms with Crippen LogP contribution in [-0.4, -0.2) is 66.0 Å². The van der Waals surface area contributed by atoms with Gasteiger partial charge >= 0.3 is 0 Å². The molecule has 28 heavy (non-hydrogen) atoms. The van der Waals surface area contributed by atoms with Crippen LogP contribution < -0.4 is 15.5 Å². The molecule has 2 N–H and O–H groups in total. The smallest absolute Gasteiger partial charge is 0.239 e. The molecule has 0 radical (unpaired) electrons. The van der Waals surface area contributed by atoms with Crippen LogP contribution in [0.25, 0.3) is 0 Å². The van der Waals surface area contributed by atoms with E-state index in [9.17, 15) is 4.79 Å². The van der Waals surface area contributed by atoms with Crippen molar-refractivity contribution in [2.75, 3.05) is 50.1 Å². The largest absolute Gasteiger partial charge is 0.368 e. The molecule has 1 fully saturated rings. The number of benzene rings is 1. The Balaban J connectivity index is 1.77. The minimum absolute atomic E-state index is 0.221. The van der Waals surface area contributed by atoms with Gasteiger partial charge in [0.25, 0.3) is 0 Å². The second-order valence-electron chi connectivity index (χ2n) is 7.58. The van der Waals surface area contributed by atoms with Crippen molar-refractivity contribution in [1.29, 1.82) is 0 Å². The van der Waals surface area contributed by atoms with E-state index < -0.39 is 6.04 Å². The number of anilines is 2. The highest BCUT2D eigenvalue weighted by Crippen LogP contribution is 2.24. The zero-order valence-corrected chi connectivity index (χ0v) is 17.0. The third kappa shape index (κ3) is 4.39. The number of carbonyl (C=O) groups excluding carboxylic acids is 1. The molecule has 1 atom stereocenters. The molecule has 1 saturated heterocycles. The van der Waals surface area contributed by atoms with E-state index in [0.717, 1.165) is 24.5 Å². The Bertz CT molecular complexity index is 775. The summed E-state index contributed by atoms with van der Waals surface area (Å²) in [5, 5.41) is 0. The first-order valence-corrected chi connectivity index (χ1v) is 9.63. The van der Waals surface area contributed by atoms with Crippen LogP contribution >= 0.6 is 0 Å². The molecule has 0 aliphatic carbocycles. The van der Waals surface area contributed by atoms with Gasteiger partial charge < -0.3 is 15.5 Å². The topological polar surface area (TPSA) is 91.5 Å². The quantitative estimate of drug-likeness (QED) is 0.806. The fraction of sp³-hybridized carbons (Fsp3) is 0.500. The molecular formula is C20H29N7O. The van der Waals surface area contributed by atoms with Gasteiger partial charge in [-0.25, -0.2) is 0 Å². The maximum atomic E-state index is 12.1. The van der Waals surface area contributed by atoms with Crippen LogP contribution in [0.4, 0.5) is 11.9 Å². The van der Waals surface area contributed by atoms with Crippen molar-refractivity contribution >= 4 is 17.8 Å². The SMILES string of the molecule is CC(C)c1nc(N(C)C)nc(N2CCN(C(C(N)=O)c3ccccc3)CC2)n1. The number of primary amides is 1. The summed E-state index contributed by atoms with van der Waals surface area (Å²) in [6.45, 7) is 7.03. The summed E-state index contributed by atoms with van der Waals surface area (Å²) < 4.78 is 0. The minimum Gasteiger partial charge on any atom is -0.368 e. The average molecular weight is 384 g/mol. The maximum Gasteiger partial charge on any atom is 0.239 e. The second kappa shape index (κ2) is 8.52. The number of piperazine rings is 1. The molecular weight excluding hydrogens is 354 g/mol. The van der Waals surface area contributed by atoms with E-state index in [1.54, 1.807) is 0 Å². The van der Waals surface area contributed by atoms with E-state index in [2.05, 4.69) is 38.6 Å². The zero-order valence-electron chi connectivity index (χ0n) is 17.0. The van der Waals surface area contributed by atoms with Gasteiger partial charge in [0.1, 0.15) is 11.9 Å². The molecule has 8 nitrogen and oxygen atoms in total. The highest BCUT2D eigenvalue weighted by Gasteiger charge is 2.30. The van der Waals surface area contributed by atoms with Gasteiger partial charge in [0.15, 0.2) is 0 Å². The lowest BCUT2D eigenvalue weighted by Gasteiger charge is -2.38. The van der Waals surface area contributed by atoms with Crippen molar-refractivity contribution < 1.29 is 4.79 Å². The lowest BCUT2D eigenvalue weighted by Crippen LogP contribution is -2.51. The lowest BCUT2D eigenvalue weighted by atomic mass is 10.0. The first kappa shape index (κ1) is 20.0. The number of amides is 1. The predicted molar refractivity (Wildman–Crippen MR) is 110 cm³/mol. The number of aromatic nitrogens is 3. The van der Waals surface area contributed by atoms with Crippen LogP contribution in [-0.2, 0) is 4.79 Å². The monoisotopic (exact) mass is 383 g/mol. The normalized spacial score (nSPS) is 16.2. The molecule has 150 valence electrons. The first-order chi connectivity index (χ1) is 13.4. The lowest BCUT2D eigenvalue weighted by molar-refractivity contribution is -0.123. The Hall–Kier alpha value is -2.74. The molecule has 8 heteroatoms. The van der Waals surface area contributed by atoms with Crippen molar-refractivity contribution in [3.63, 3.8) is 0 Å². The van der Waals surface area contributed by atoms with Gasteiger partial charge in [-0.2, -0.15) is 15.0 Å². The molecule has 2 heterocycles. The fourth-order valence-corrected chi connectivity index (χ4v) is 3.34. The van der Waals surface area contributed by atoms with E-state index in [-0.39, 0.29) is 11.8 Å². The van der Waals surface area contributed by atoms with Crippen molar-refractivity contribution in [3.8, 4) is 0 Å². The minimum atomic E-state index is -0.412. The van der Waals surface area contributed by atoms with Crippen molar-refractivity contribution in [2.45, 2.75) is 25.8 Å².